The number of primary amides is 1. The van der Waals surface area contributed by atoms with Crippen LogP contribution in [0.5, 0.6) is 0 Å². The topological polar surface area (TPSA) is 46.3 Å². The summed E-state index contributed by atoms with van der Waals surface area (Å²) in [5, 5.41) is 1.31. The molecule has 3 nitrogen and oxygen atoms in total. The molecule has 18 heavy (non-hydrogen) atoms. The molecule has 1 aliphatic rings. The van der Waals surface area contributed by atoms with Gasteiger partial charge in [-0.3, -0.25) is 9.69 Å². The summed E-state index contributed by atoms with van der Waals surface area (Å²) in [4.78, 5) is 13.4. The average Bonchev–Trinajstić information content (AvgIpc) is 2.33. The first kappa shape index (κ1) is 13.7. The molecule has 1 aromatic rings. The van der Waals surface area contributed by atoms with Gasteiger partial charge < -0.3 is 5.73 Å². The number of amides is 1. The number of hydrogen-bond acceptors (Lipinski definition) is 2. The summed E-state index contributed by atoms with van der Waals surface area (Å²) < 4.78 is 0. The molecule has 1 atom stereocenters. The normalized spacial score (nSPS) is 20.9. The van der Waals surface area contributed by atoms with E-state index in [1.54, 1.807) is 6.07 Å². The molecular weight excluding hydrogens is 271 g/mol. The molecule has 2 N–H and O–H groups in total. The standard InChI is InChI=1S/C13H16Cl2N2O/c14-11-4-3-9(12(15)6-11)7-17-5-1-2-10(8-17)13(16)18/h3-4,6,10H,1-2,5,7-8H2,(H2,16,18)/t10-/m1/s1. The molecule has 0 bridgehead atoms. The Balaban J connectivity index is 2.02. The molecule has 5 heteroatoms. The van der Waals surface area contributed by atoms with E-state index in [0.29, 0.717) is 16.6 Å². The van der Waals surface area contributed by atoms with Crippen molar-refractivity contribution in [3.63, 3.8) is 0 Å². The highest BCUT2D eigenvalue weighted by molar-refractivity contribution is 6.35. The minimum Gasteiger partial charge on any atom is -0.369 e. The van der Waals surface area contributed by atoms with Crippen LogP contribution in [0, 0.1) is 5.92 Å². The molecule has 1 fully saturated rings. The summed E-state index contributed by atoms with van der Waals surface area (Å²) in [7, 11) is 0. The largest absolute Gasteiger partial charge is 0.369 e. The fourth-order valence-corrected chi connectivity index (χ4v) is 2.79. The Kier molecular flexibility index (Phi) is 4.49. The van der Waals surface area contributed by atoms with E-state index in [-0.39, 0.29) is 11.8 Å². The van der Waals surface area contributed by atoms with Crippen molar-refractivity contribution < 1.29 is 4.79 Å². The van der Waals surface area contributed by atoms with E-state index in [0.717, 1.165) is 31.5 Å². The van der Waals surface area contributed by atoms with E-state index >= 15 is 0 Å². The Morgan fingerprint density at radius 2 is 2.22 bits per heavy atom. The summed E-state index contributed by atoms with van der Waals surface area (Å²) in [6, 6.07) is 5.50. The number of hydrogen-bond donors (Lipinski definition) is 1. The molecular formula is C13H16Cl2N2O. The molecule has 2 rings (SSSR count). The first-order chi connectivity index (χ1) is 8.56. The van der Waals surface area contributed by atoms with Crippen molar-refractivity contribution in [2.24, 2.45) is 11.7 Å². The first-order valence-corrected chi connectivity index (χ1v) is 6.77. The third kappa shape index (κ3) is 3.37. The van der Waals surface area contributed by atoms with Crippen LogP contribution in [0.15, 0.2) is 18.2 Å². The summed E-state index contributed by atoms with van der Waals surface area (Å²) in [6.45, 7) is 2.43. The average molecular weight is 287 g/mol. The number of nitrogens with zero attached hydrogens (tertiary/aromatic N) is 1. The van der Waals surface area contributed by atoms with E-state index in [4.69, 9.17) is 28.9 Å². The predicted octanol–water partition coefficient (Wildman–Crippen LogP) is 2.69. The number of piperidine rings is 1. The summed E-state index contributed by atoms with van der Waals surface area (Å²) in [6.07, 6.45) is 1.89. The van der Waals surface area contributed by atoms with Gasteiger partial charge >= 0.3 is 0 Å². The lowest BCUT2D eigenvalue weighted by Crippen LogP contribution is -2.40. The van der Waals surface area contributed by atoms with E-state index in [1.807, 2.05) is 12.1 Å². The van der Waals surface area contributed by atoms with Gasteiger partial charge in [0.15, 0.2) is 0 Å². The molecule has 1 saturated heterocycles. The van der Waals surface area contributed by atoms with Crippen molar-refractivity contribution in [3.8, 4) is 0 Å². The van der Waals surface area contributed by atoms with Crippen LogP contribution in [0.3, 0.4) is 0 Å². The van der Waals surface area contributed by atoms with Gasteiger partial charge in [0.25, 0.3) is 0 Å². The predicted molar refractivity (Wildman–Crippen MR) is 73.7 cm³/mol. The molecule has 0 saturated carbocycles. The second kappa shape index (κ2) is 5.91. The van der Waals surface area contributed by atoms with Crippen molar-refractivity contribution in [3.05, 3.63) is 33.8 Å². The van der Waals surface area contributed by atoms with E-state index in [9.17, 15) is 4.79 Å². The molecule has 0 aromatic heterocycles. The molecule has 0 unspecified atom stereocenters. The summed E-state index contributed by atoms with van der Waals surface area (Å²) >= 11 is 12.0. The van der Waals surface area contributed by atoms with Crippen LogP contribution < -0.4 is 5.73 Å². The van der Waals surface area contributed by atoms with Crippen molar-refractivity contribution in [1.82, 2.24) is 4.90 Å². The minimum atomic E-state index is -0.207. The van der Waals surface area contributed by atoms with Gasteiger partial charge in [-0.15, -0.1) is 0 Å². The fraction of sp³-hybridized carbons (Fsp3) is 0.462. The fourth-order valence-electron chi connectivity index (χ4n) is 2.32. The number of nitrogens with two attached hydrogens (primary N) is 1. The van der Waals surface area contributed by atoms with Crippen LogP contribution in [0.25, 0.3) is 0 Å². The van der Waals surface area contributed by atoms with E-state index < -0.39 is 0 Å². The second-order valence-corrected chi connectivity index (χ2v) is 5.56. The maximum atomic E-state index is 11.2. The number of carbonyl (C=O) groups is 1. The van der Waals surface area contributed by atoms with Gasteiger partial charge in [-0.25, -0.2) is 0 Å². The number of carbonyl (C=O) groups excluding carboxylic acids is 1. The highest BCUT2D eigenvalue weighted by atomic mass is 35.5. The molecule has 0 radical (unpaired) electrons. The van der Waals surface area contributed by atoms with Crippen LogP contribution in [-0.2, 0) is 11.3 Å². The summed E-state index contributed by atoms with van der Waals surface area (Å²) in [5.74, 6) is -0.244. The Hall–Kier alpha value is -0.770. The van der Waals surface area contributed by atoms with Crippen molar-refractivity contribution >= 4 is 29.1 Å². The van der Waals surface area contributed by atoms with Crippen LogP contribution in [0.2, 0.25) is 10.0 Å². The Morgan fingerprint density at radius 3 is 2.89 bits per heavy atom. The first-order valence-electron chi connectivity index (χ1n) is 6.02. The lowest BCUT2D eigenvalue weighted by molar-refractivity contribution is -0.123. The second-order valence-electron chi connectivity index (χ2n) is 4.71. The lowest BCUT2D eigenvalue weighted by atomic mass is 9.97. The maximum absolute atomic E-state index is 11.2. The van der Waals surface area contributed by atoms with Gasteiger partial charge in [-0.05, 0) is 37.1 Å². The van der Waals surface area contributed by atoms with Gasteiger partial charge in [0, 0.05) is 23.1 Å². The van der Waals surface area contributed by atoms with Gasteiger partial charge in [0.1, 0.15) is 0 Å². The van der Waals surface area contributed by atoms with Crippen molar-refractivity contribution in [2.75, 3.05) is 13.1 Å². The smallest absolute Gasteiger partial charge is 0.221 e. The van der Waals surface area contributed by atoms with E-state index in [2.05, 4.69) is 4.90 Å². The van der Waals surface area contributed by atoms with Gasteiger partial charge in [-0.1, -0.05) is 29.3 Å². The zero-order valence-corrected chi connectivity index (χ0v) is 11.5. The zero-order valence-electron chi connectivity index (χ0n) is 10.0. The molecule has 1 aliphatic heterocycles. The number of benzene rings is 1. The van der Waals surface area contributed by atoms with Gasteiger partial charge in [0.05, 0.1) is 5.92 Å². The third-order valence-electron chi connectivity index (χ3n) is 3.32. The van der Waals surface area contributed by atoms with Crippen LogP contribution in [-0.4, -0.2) is 23.9 Å². The highest BCUT2D eigenvalue weighted by Gasteiger charge is 2.24. The van der Waals surface area contributed by atoms with Crippen LogP contribution >= 0.6 is 23.2 Å². The SMILES string of the molecule is NC(=O)[C@@H]1CCCN(Cc2ccc(Cl)cc2Cl)C1. The molecule has 1 heterocycles. The molecule has 1 amide bonds. The molecule has 98 valence electrons. The maximum Gasteiger partial charge on any atom is 0.221 e. The number of rotatable bonds is 3. The monoisotopic (exact) mass is 286 g/mol. The number of likely N-dealkylation sites (tertiary alicyclic amines) is 1. The lowest BCUT2D eigenvalue weighted by Gasteiger charge is -2.31. The molecule has 0 aliphatic carbocycles. The summed E-state index contributed by atoms with van der Waals surface area (Å²) in [5.41, 5.74) is 6.40. The van der Waals surface area contributed by atoms with Crippen molar-refractivity contribution in [1.29, 1.82) is 0 Å². The zero-order chi connectivity index (χ0) is 13.1. The minimum absolute atomic E-state index is 0.0372. The third-order valence-corrected chi connectivity index (χ3v) is 3.90. The number of halogens is 2. The Morgan fingerprint density at radius 1 is 1.44 bits per heavy atom. The Bertz CT molecular complexity index is 451. The van der Waals surface area contributed by atoms with Crippen LogP contribution in [0.4, 0.5) is 0 Å². The van der Waals surface area contributed by atoms with Gasteiger partial charge in [0.2, 0.25) is 5.91 Å². The van der Waals surface area contributed by atoms with Crippen molar-refractivity contribution in [2.45, 2.75) is 19.4 Å². The van der Waals surface area contributed by atoms with Gasteiger partial charge in [-0.2, -0.15) is 0 Å². The van der Waals surface area contributed by atoms with Crippen LogP contribution in [0.1, 0.15) is 18.4 Å². The quantitative estimate of drug-likeness (QED) is 0.929. The highest BCUT2D eigenvalue weighted by Crippen LogP contribution is 2.24. The molecule has 1 aromatic carbocycles. The Labute approximate surface area is 117 Å². The van der Waals surface area contributed by atoms with E-state index in [1.165, 1.54) is 0 Å². The molecule has 0 spiro atoms.